The van der Waals surface area contributed by atoms with Crippen LogP contribution in [0.1, 0.15) is 55.8 Å². The van der Waals surface area contributed by atoms with Crippen LogP contribution in [0.5, 0.6) is 0 Å². The zero-order valence-corrected chi connectivity index (χ0v) is 18.9. The molecule has 0 spiro atoms. The quantitative estimate of drug-likeness (QED) is 0.738. The van der Waals surface area contributed by atoms with Gasteiger partial charge in [0, 0.05) is 37.4 Å². The summed E-state index contributed by atoms with van der Waals surface area (Å²) in [6.07, 6.45) is 7.34. The minimum absolute atomic E-state index is 0.0855. The fourth-order valence-corrected chi connectivity index (χ4v) is 7.15. The third kappa shape index (κ3) is 3.91. The predicted molar refractivity (Wildman–Crippen MR) is 122 cm³/mol. The SMILES string of the molecule is CC(C(=O)Nc1ccc(C(N)=O)cc1)N1CCN(C(=O)C23CC4CC(CC(C4)C2)C3)CC1. The highest BCUT2D eigenvalue weighted by molar-refractivity contribution is 5.96. The molecular weight excluding hydrogens is 404 g/mol. The second-order valence-electron chi connectivity index (χ2n) is 10.6. The molecule has 7 nitrogen and oxygen atoms in total. The van der Waals surface area contributed by atoms with Crippen molar-refractivity contribution in [2.75, 3.05) is 31.5 Å². The van der Waals surface area contributed by atoms with Crippen molar-refractivity contribution in [3.8, 4) is 0 Å². The van der Waals surface area contributed by atoms with Gasteiger partial charge in [-0.15, -0.1) is 0 Å². The maximum absolute atomic E-state index is 13.6. The number of benzene rings is 1. The van der Waals surface area contributed by atoms with E-state index in [1.54, 1.807) is 24.3 Å². The lowest BCUT2D eigenvalue weighted by molar-refractivity contribution is -0.159. The summed E-state index contributed by atoms with van der Waals surface area (Å²) >= 11 is 0. The highest BCUT2D eigenvalue weighted by Gasteiger charge is 2.55. The maximum atomic E-state index is 13.6. The molecule has 172 valence electrons. The Balaban J connectivity index is 1.15. The molecule has 7 heteroatoms. The molecule has 1 atom stereocenters. The zero-order valence-electron chi connectivity index (χ0n) is 18.9. The molecule has 1 aromatic carbocycles. The summed E-state index contributed by atoms with van der Waals surface area (Å²) in [5.41, 5.74) is 6.23. The second kappa shape index (κ2) is 8.18. The van der Waals surface area contributed by atoms with Gasteiger partial charge in [0.1, 0.15) is 0 Å². The summed E-state index contributed by atoms with van der Waals surface area (Å²) in [6, 6.07) is 6.30. The number of carbonyl (C=O) groups excluding carboxylic acids is 3. The van der Waals surface area contributed by atoms with E-state index >= 15 is 0 Å². The van der Waals surface area contributed by atoms with Crippen LogP contribution in [0.15, 0.2) is 24.3 Å². The number of hydrogen-bond donors (Lipinski definition) is 2. The van der Waals surface area contributed by atoms with Crippen LogP contribution in [0, 0.1) is 23.2 Å². The summed E-state index contributed by atoms with van der Waals surface area (Å²) in [5, 5.41) is 2.91. The first-order valence-corrected chi connectivity index (χ1v) is 12.1. The number of carbonyl (C=O) groups is 3. The first-order valence-electron chi connectivity index (χ1n) is 12.1. The van der Waals surface area contributed by atoms with Gasteiger partial charge < -0.3 is 16.0 Å². The molecule has 4 aliphatic carbocycles. The highest BCUT2D eigenvalue weighted by Crippen LogP contribution is 2.60. The Morgan fingerprint density at radius 3 is 1.97 bits per heavy atom. The van der Waals surface area contributed by atoms with Crippen LogP contribution in [0.3, 0.4) is 0 Å². The Labute approximate surface area is 189 Å². The van der Waals surface area contributed by atoms with Gasteiger partial charge in [0.15, 0.2) is 0 Å². The number of amides is 3. The third-order valence-electron chi connectivity index (χ3n) is 8.46. The molecule has 32 heavy (non-hydrogen) atoms. The second-order valence-corrected chi connectivity index (χ2v) is 10.6. The van der Waals surface area contributed by atoms with Crippen molar-refractivity contribution in [3.63, 3.8) is 0 Å². The molecule has 0 aromatic heterocycles. The number of rotatable bonds is 5. The van der Waals surface area contributed by atoms with E-state index in [1.165, 1.54) is 19.3 Å². The molecule has 5 aliphatic rings. The van der Waals surface area contributed by atoms with Gasteiger partial charge in [-0.3, -0.25) is 19.3 Å². The fraction of sp³-hybridized carbons (Fsp3) is 0.640. The topological polar surface area (TPSA) is 95.7 Å². The number of piperazine rings is 1. The molecule has 1 aliphatic heterocycles. The minimum Gasteiger partial charge on any atom is -0.366 e. The van der Waals surface area contributed by atoms with Crippen LogP contribution < -0.4 is 11.1 Å². The van der Waals surface area contributed by atoms with E-state index in [9.17, 15) is 14.4 Å². The van der Waals surface area contributed by atoms with Gasteiger partial charge in [-0.1, -0.05) is 0 Å². The van der Waals surface area contributed by atoms with Gasteiger partial charge in [-0.2, -0.15) is 0 Å². The molecule has 4 bridgehead atoms. The number of nitrogens with two attached hydrogens (primary N) is 1. The lowest BCUT2D eigenvalue weighted by atomic mass is 9.49. The molecule has 3 amide bonds. The van der Waals surface area contributed by atoms with Gasteiger partial charge in [0.25, 0.3) is 0 Å². The number of anilines is 1. The van der Waals surface area contributed by atoms with Gasteiger partial charge in [-0.05, 0) is 87.5 Å². The third-order valence-corrected chi connectivity index (χ3v) is 8.46. The Hall–Kier alpha value is -2.41. The van der Waals surface area contributed by atoms with Crippen molar-refractivity contribution < 1.29 is 14.4 Å². The maximum Gasteiger partial charge on any atom is 0.248 e. The van der Waals surface area contributed by atoms with Crippen LogP contribution >= 0.6 is 0 Å². The van der Waals surface area contributed by atoms with Crippen molar-refractivity contribution in [2.45, 2.75) is 51.5 Å². The molecule has 1 saturated heterocycles. The zero-order chi connectivity index (χ0) is 22.5. The minimum atomic E-state index is -0.489. The Morgan fingerprint density at radius 2 is 1.47 bits per heavy atom. The monoisotopic (exact) mass is 438 g/mol. The van der Waals surface area contributed by atoms with Crippen LogP contribution in [0.4, 0.5) is 5.69 Å². The van der Waals surface area contributed by atoms with Crippen LogP contribution in [0.2, 0.25) is 0 Å². The molecule has 1 aromatic rings. The van der Waals surface area contributed by atoms with Crippen LogP contribution in [-0.2, 0) is 9.59 Å². The number of primary amides is 1. The Kier molecular flexibility index (Phi) is 5.48. The summed E-state index contributed by atoms with van der Waals surface area (Å²) in [7, 11) is 0. The van der Waals surface area contributed by atoms with E-state index in [2.05, 4.69) is 15.1 Å². The summed E-state index contributed by atoms with van der Waals surface area (Å²) < 4.78 is 0. The molecule has 4 saturated carbocycles. The molecular formula is C25H34N4O3. The summed E-state index contributed by atoms with van der Waals surface area (Å²) in [5.74, 6) is 2.13. The molecule has 3 N–H and O–H groups in total. The normalized spacial score (nSPS) is 32.5. The summed E-state index contributed by atoms with van der Waals surface area (Å²) in [4.78, 5) is 41.8. The number of hydrogen-bond acceptors (Lipinski definition) is 4. The van der Waals surface area contributed by atoms with Crippen LogP contribution in [-0.4, -0.2) is 59.7 Å². The molecule has 5 fully saturated rings. The smallest absolute Gasteiger partial charge is 0.248 e. The first-order chi connectivity index (χ1) is 15.3. The van der Waals surface area contributed by atoms with E-state index in [0.717, 1.165) is 37.0 Å². The average molecular weight is 439 g/mol. The largest absolute Gasteiger partial charge is 0.366 e. The predicted octanol–water partition coefficient (Wildman–Crippen LogP) is 2.47. The standard InChI is InChI=1S/C25H34N4O3/c1-16(23(31)27-21-4-2-20(3-5-21)22(26)30)28-6-8-29(9-7-28)24(32)25-13-17-10-18(14-25)12-19(11-17)15-25/h2-5,16-19H,6-15H2,1H3,(H2,26,30)(H,27,31). The Bertz CT molecular complexity index is 869. The first kappa shape index (κ1) is 21.4. The van der Waals surface area contributed by atoms with Gasteiger partial charge in [-0.25, -0.2) is 0 Å². The lowest BCUT2D eigenvalue weighted by Crippen LogP contribution is -2.59. The van der Waals surface area contributed by atoms with E-state index in [-0.39, 0.29) is 17.4 Å². The van der Waals surface area contributed by atoms with Crippen molar-refractivity contribution >= 4 is 23.4 Å². The van der Waals surface area contributed by atoms with Gasteiger partial charge in [0.2, 0.25) is 17.7 Å². The van der Waals surface area contributed by atoms with Gasteiger partial charge in [0.05, 0.1) is 11.5 Å². The fourth-order valence-electron chi connectivity index (χ4n) is 7.15. The van der Waals surface area contributed by atoms with Gasteiger partial charge >= 0.3 is 0 Å². The van der Waals surface area contributed by atoms with E-state index in [0.29, 0.717) is 43.3 Å². The average Bonchev–Trinajstić information content (AvgIpc) is 2.77. The van der Waals surface area contributed by atoms with E-state index < -0.39 is 5.91 Å². The van der Waals surface area contributed by atoms with E-state index in [4.69, 9.17) is 5.73 Å². The highest BCUT2D eigenvalue weighted by atomic mass is 16.2. The van der Waals surface area contributed by atoms with Crippen molar-refractivity contribution in [2.24, 2.45) is 28.9 Å². The molecule has 1 unspecified atom stereocenters. The number of nitrogens with one attached hydrogen (secondary N) is 1. The number of nitrogens with zero attached hydrogens (tertiary/aromatic N) is 2. The van der Waals surface area contributed by atoms with Crippen molar-refractivity contribution in [1.82, 2.24) is 9.80 Å². The summed E-state index contributed by atoms with van der Waals surface area (Å²) in [6.45, 7) is 4.74. The van der Waals surface area contributed by atoms with Crippen molar-refractivity contribution in [1.29, 1.82) is 0 Å². The Morgan fingerprint density at radius 1 is 0.938 bits per heavy atom. The van der Waals surface area contributed by atoms with Crippen molar-refractivity contribution in [3.05, 3.63) is 29.8 Å². The lowest BCUT2D eigenvalue weighted by Gasteiger charge is -2.57. The molecule has 1 heterocycles. The molecule has 6 rings (SSSR count). The van der Waals surface area contributed by atoms with Crippen LogP contribution in [0.25, 0.3) is 0 Å². The molecule has 0 radical (unpaired) electrons. The van der Waals surface area contributed by atoms with E-state index in [1.807, 2.05) is 6.92 Å².